The van der Waals surface area contributed by atoms with Crippen molar-refractivity contribution in [3.05, 3.63) is 11.4 Å². The molecular weight excluding hydrogens is 251 g/mol. The summed E-state index contributed by atoms with van der Waals surface area (Å²) in [5.41, 5.74) is 2.77. The highest BCUT2D eigenvalue weighted by Gasteiger charge is 2.21. The number of nitrogens with zero attached hydrogens (tertiary/aromatic N) is 2. The predicted octanol–water partition coefficient (Wildman–Crippen LogP) is 2.22. The maximum absolute atomic E-state index is 2.38. The average Bonchev–Trinajstić information content (AvgIpc) is 1.97. The fourth-order valence-corrected chi connectivity index (χ4v) is 1.89. The van der Waals surface area contributed by atoms with Gasteiger partial charge in [-0.25, -0.2) is 0 Å². The molecule has 11 heavy (non-hydrogen) atoms. The number of halogens is 1. The lowest BCUT2D eigenvalue weighted by Gasteiger charge is -2.38. The predicted molar refractivity (Wildman–Crippen MR) is 56.3 cm³/mol. The van der Waals surface area contributed by atoms with Crippen LogP contribution >= 0.6 is 22.9 Å². The first-order valence-electron chi connectivity index (χ1n) is 3.87. The molecule has 1 heterocycles. The Bertz CT molecular complexity index is 189. The third-order valence-electron chi connectivity index (χ3n) is 2.34. The molecule has 0 aromatic rings. The Morgan fingerprint density at radius 3 is 2.45 bits per heavy atom. The lowest BCUT2D eigenvalue weighted by atomic mass is 10.2. The molecule has 1 aliphatic heterocycles. The number of rotatable bonds is 0. The minimum absolute atomic E-state index is 0.629. The molecular formula is C8H15IN2. The third-order valence-corrected chi connectivity index (χ3v) is 4.02. The molecule has 0 saturated heterocycles. The van der Waals surface area contributed by atoms with Crippen LogP contribution in [0, 0.1) is 0 Å². The molecule has 1 aliphatic rings. The molecule has 1 unspecified atom stereocenters. The molecule has 64 valence electrons. The summed E-state index contributed by atoms with van der Waals surface area (Å²) < 4.78 is 2.31. The fraction of sp³-hybridized carbons (Fsp3) is 0.750. The van der Waals surface area contributed by atoms with E-state index in [0.717, 1.165) is 6.54 Å². The summed E-state index contributed by atoms with van der Waals surface area (Å²) in [6.45, 7) is 7.73. The molecule has 0 N–H and O–H groups in total. The summed E-state index contributed by atoms with van der Waals surface area (Å²) in [6.07, 6.45) is 0. The first-order valence-corrected chi connectivity index (χ1v) is 4.84. The highest BCUT2D eigenvalue weighted by atomic mass is 127. The molecule has 2 nitrogen and oxygen atoms in total. The highest BCUT2D eigenvalue weighted by Crippen LogP contribution is 2.25. The Hall–Kier alpha value is 0.0700. The van der Waals surface area contributed by atoms with Crippen LogP contribution in [0.15, 0.2) is 11.4 Å². The van der Waals surface area contributed by atoms with E-state index in [0.29, 0.717) is 6.04 Å². The Morgan fingerprint density at radius 1 is 1.36 bits per heavy atom. The van der Waals surface area contributed by atoms with Crippen molar-refractivity contribution in [2.75, 3.05) is 13.6 Å². The van der Waals surface area contributed by atoms with E-state index in [4.69, 9.17) is 0 Å². The zero-order valence-corrected chi connectivity index (χ0v) is 9.71. The van der Waals surface area contributed by atoms with Gasteiger partial charge in [-0.1, -0.05) is 0 Å². The second kappa shape index (κ2) is 3.21. The van der Waals surface area contributed by atoms with Gasteiger partial charge in [-0.15, -0.1) is 0 Å². The van der Waals surface area contributed by atoms with Crippen LogP contribution in [-0.4, -0.2) is 27.6 Å². The van der Waals surface area contributed by atoms with Gasteiger partial charge in [0, 0.05) is 25.0 Å². The summed E-state index contributed by atoms with van der Waals surface area (Å²) in [7, 11) is 2.15. The van der Waals surface area contributed by atoms with E-state index < -0.39 is 0 Å². The number of hydrogen-bond acceptors (Lipinski definition) is 2. The van der Waals surface area contributed by atoms with Gasteiger partial charge in [-0.05, 0) is 20.8 Å². The van der Waals surface area contributed by atoms with Gasteiger partial charge in [0.1, 0.15) is 0 Å². The van der Waals surface area contributed by atoms with Crippen molar-refractivity contribution in [1.29, 1.82) is 0 Å². The molecule has 0 spiro atoms. The largest absolute Gasteiger partial charge is 0.375 e. The minimum Gasteiger partial charge on any atom is -0.375 e. The molecule has 1 atom stereocenters. The SMILES string of the molecule is CC1=C(C)N(I)C(C)CN1C. The van der Waals surface area contributed by atoms with Crippen molar-refractivity contribution in [2.45, 2.75) is 26.8 Å². The van der Waals surface area contributed by atoms with Gasteiger partial charge in [-0.3, -0.25) is 0 Å². The van der Waals surface area contributed by atoms with Gasteiger partial charge < -0.3 is 8.01 Å². The zero-order chi connectivity index (χ0) is 8.59. The molecule has 0 aliphatic carbocycles. The molecule has 0 aromatic carbocycles. The summed E-state index contributed by atoms with van der Waals surface area (Å²) in [5.74, 6) is 0. The highest BCUT2D eigenvalue weighted by molar-refractivity contribution is 14.1. The molecule has 0 saturated carbocycles. The zero-order valence-electron chi connectivity index (χ0n) is 7.56. The van der Waals surface area contributed by atoms with Gasteiger partial charge in [0.2, 0.25) is 0 Å². The van der Waals surface area contributed by atoms with E-state index in [1.54, 1.807) is 0 Å². The third kappa shape index (κ3) is 1.63. The smallest absolute Gasteiger partial charge is 0.0592 e. The number of allylic oxidation sites excluding steroid dienone is 2. The molecule has 0 fully saturated rings. The van der Waals surface area contributed by atoms with Crippen LogP contribution in [0.2, 0.25) is 0 Å². The molecule has 0 aromatic heterocycles. The second-order valence-electron chi connectivity index (χ2n) is 3.21. The number of likely N-dealkylation sites (N-methyl/N-ethyl adjacent to an activating group) is 1. The fourth-order valence-electron chi connectivity index (χ4n) is 1.37. The molecule has 1 rings (SSSR count). The van der Waals surface area contributed by atoms with Gasteiger partial charge >= 0.3 is 0 Å². The maximum Gasteiger partial charge on any atom is 0.0592 e. The maximum atomic E-state index is 2.38. The van der Waals surface area contributed by atoms with E-state index in [-0.39, 0.29) is 0 Å². The van der Waals surface area contributed by atoms with Crippen molar-refractivity contribution >= 4 is 22.9 Å². The standard InChI is InChI=1S/C8H15IN2/c1-6-5-10(4)7(2)8(3)11(6)9/h6H,5H2,1-4H3. The molecule has 0 amide bonds. The van der Waals surface area contributed by atoms with Crippen LogP contribution in [-0.2, 0) is 0 Å². The van der Waals surface area contributed by atoms with Gasteiger partial charge in [-0.2, -0.15) is 0 Å². The van der Waals surface area contributed by atoms with E-state index >= 15 is 0 Å². The van der Waals surface area contributed by atoms with Crippen molar-refractivity contribution < 1.29 is 0 Å². The summed E-state index contributed by atoms with van der Waals surface area (Å²) >= 11 is 2.38. The van der Waals surface area contributed by atoms with Crippen molar-refractivity contribution in [3.8, 4) is 0 Å². The second-order valence-corrected chi connectivity index (χ2v) is 4.25. The Labute approximate surface area is 82.7 Å². The number of hydrogen-bond donors (Lipinski definition) is 0. The van der Waals surface area contributed by atoms with Crippen molar-refractivity contribution in [1.82, 2.24) is 8.01 Å². The van der Waals surface area contributed by atoms with Crippen LogP contribution < -0.4 is 0 Å². The van der Waals surface area contributed by atoms with Crippen LogP contribution in [0.3, 0.4) is 0 Å². The van der Waals surface area contributed by atoms with Crippen LogP contribution in [0.4, 0.5) is 0 Å². The summed E-state index contributed by atoms with van der Waals surface area (Å²) in [6, 6.07) is 0.629. The summed E-state index contributed by atoms with van der Waals surface area (Å²) in [4.78, 5) is 2.31. The van der Waals surface area contributed by atoms with E-state index in [2.05, 4.69) is 58.7 Å². The van der Waals surface area contributed by atoms with Gasteiger partial charge in [0.05, 0.1) is 28.9 Å². The van der Waals surface area contributed by atoms with Crippen molar-refractivity contribution in [2.24, 2.45) is 0 Å². The lowest BCUT2D eigenvalue weighted by molar-refractivity contribution is 0.283. The van der Waals surface area contributed by atoms with E-state index in [1.807, 2.05) is 0 Å². The van der Waals surface area contributed by atoms with Crippen LogP contribution in [0.5, 0.6) is 0 Å². The summed E-state index contributed by atoms with van der Waals surface area (Å²) in [5, 5.41) is 0. The van der Waals surface area contributed by atoms with E-state index in [1.165, 1.54) is 11.4 Å². The normalized spacial score (nSPS) is 26.5. The lowest BCUT2D eigenvalue weighted by Crippen LogP contribution is -2.40. The van der Waals surface area contributed by atoms with Crippen LogP contribution in [0.25, 0.3) is 0 Å². The monoisotopic (exact) mass is 266 g/mol. The Kier molecular flexibility index (Phi) is 2.67. The Balaban J connectivity index is 2.89. The average molecular weight is 266 g/mol. The quantitative estimate of drug-likeness (QED) is 0.490. The minimum atomic E-state index is 0.629. The van der Waals surface area contributed by atoms with Gasteiger partial charge in [0.15, 0.2) is 0 Å². The first-order chi connectivity index (χ1) is 5.04. The van der Waals surface area contributed by atoms with Crippen molar-refractivity contribution in [3.63, 3.8) is 0 Å². The Morgan fingerprint density at radius 2 is 1.91 bits per heavy atom. The molecule has 0 bridgehead atoms. The van der Waals surface area contributed by atoms with E-state index in [9.17, 15) is 0 Å². The van der Waals surface area contributed by atoms with Crippen LogP contribution in [0.1, 0.15) is 20.8 Å². The molecule has 3 heteroatoms. The first kappa shape index (κ1) is 9.16. The van der Waals surface area contributed by atoms with Gasteiger partial charge in [0.25, 0.3) is 0 Å². The topological polar surface area (TPSA) is 6.48 Å². The molecule has 0 radical (unpaired) electrons.